The van der Waals surface area contributed by atoms with Gasteiger partial charge in [0.2, 0.25) is 0 Å². The summed E-state index contributed by atoms with van der Waals surface area (Å²) >= 11 is 0. The lowest BCUT2D eigenvalue weighted by molar-refractivity contribution is 0.413. The molecule has 0 aliphatic rings. The van der Waals surface area contributed by atoms with Crippen LogP contribution in [-0.2, 0) is 6.42 Å². The molecule has 12 heavy (non-hydrogen) atoms. The van der Waals surface area contributed by atoms with Crippen LogP contribution in [0.25, 0.3) is 0 Å². The highest BCUT2D eigenvalue weighted by Crippen LogP contribution is 2.10. The molecule has 0 spiro atoms. The molecule has 0 aromatic carbocycles. The van der Waals surface area contributed by atoms with Crippen molar-refractivity contribution in [2.24, 2.45) is 5.73 Å². The lowest BCUT2D eigenvalue weighted by Gasteiger charge is -2.05. The highest BCUT2D eigenvalue weighted by atomic mass is 16.5. The summed E-state index contributed by atoms with van der Waals surface area (Å²) in [5, 5.41) is 0. The predicted molar refractivity (Wildman–Crippen MR) is 48.1 cm³/mol. The van der Waals surface area contributed by atoms with Gasteiger partial charge in [-0.15, -0.1) is 0 Å². The first-order chi connectivity index (χ1) is 5.72. The van der Waals surface area contributed by atoms with E-state index in [1.54, 1.807) is 13.3 Å². The van der Waals surface area contributed by atoms with Gasteiger partial charge in [0.15, 0.2) is 0 Å². The Morgan fingerprint density at radius 2 is 2.42 bits per heavy atom. The average Bonchev–Trinajstić information content (AvgIpc) is 2.03. The van der Waals surface area contributed by atoms with Gasteiger partial charge in [0.25, 0.3) is 0 Å². The number of nitrogens with two attached hydrogens (primary N) is 1. The van der Waals surface area contributed by atoms with Crippen LogP contribution < -0.4 is 10.5 Å². The van der Waals surface area contributed by atoms with E-state index in [1.807, 2.05) is 19.1 Å². The Labute approximate surface area is 72.6 Å². The van der Waals surface area contributed by atoms with Gasteiger partial charge < -0.3 is 10.5 Å². The SMILES string of the molecule is COc1ccnc(C[C@H](C)N)c1. The van der Waals surface area contributed by atoms with Gasteiger partial charge in [-0.1, -0.05) is 0 Å². The molecule has 66 valence electrons. The second kappa shape index (κ2) is 4.07. The molecular formula is C9H14N2O. The van der Waals surface area contributed by atoms with Crippen LogP contribution in [0.4, 0.5) is 0 Å². The van der Waals surface area contributed by atoms with Gasteiger partial charge in [0, 0.05) is 30.4 Å². The van der Waals surface area contributed by atoms with E-state index in [-0.39, 0.29) is 6.04 Å². The van der Waals surface area contributed by atoms with E-state index in [0.29, 0.717) is 0 Å². The van der Waals surface area contributed by atoms with Gasteiger partial charge >= 0.3 is 0 Å². The van der Waals surface area contributed by atoms with Crippen molar-refractivity contribution in [3.8, 4) is 5.75 Å². The van der Waals surface area contributed by atoms with E-state index in [0.717, 1.165) is 17.9 Å². The maximum atomic E-state index is 5.64. The predicted octanol–water partition coefficient (Wildman–Crippen LogP) is 0.980. The van der Waals surface area contributed by atoms with E-state index in [9.17, 15) is 0 Å². The van der Waals surface area contributed by atoms with Gasteiger partial charge in [-0.25, -0.2) is 0 Å². The molecule has 0 radical (unpaired) electrons. The Morgan fingerprint density at radius 3 is 3.00 bits per heavy atom. The largest absolute Gasteiger partial charge is 0.497 e. The van der Waals surface area contributed by atoms with E-state index < -0.39 is 0 Å². The van der Waals surface area contributed by atoms with Crippen LogP contribution in [0.1, 0.15) is 12.6 Å². The fraction of sp³-hybridized carbons (Fsp3) is 0.444. The zero-order valence-electron chi connectivity index (χ0n) is 7.45. The summed E-state index contributed by atoms with van der Waals surface area (Å²) in [4.78, 5) is 4.17. The molecule has 3 heteroatoms. The zero-order chi connectivity index (χ0) is 8.97. The molecule has 0 saturated carbocycles. The first-order valence-electron chi connectivity index (χ1n) is 3.97. The summed E-state index contributed by atoms with van der Waals surface area (Å²) < 4.78 is 5.06. The van der Waals surface area contributed by atoms with Crippen molar-refractivity contribution in [1.82, 2.24) is 4.98 Å². The molecule has 1 heterocycles. The molecule has 0 unspecified atom stereocenters. The number of hydrogen-bond acceptors (Lipinski definition) is 3. The van der Waals surface area contributed by atoms with Crippen LogP contribution in [0.5, 0.6) is 5.75 Å². The molecular weight excluding hydrogens is 152 g/mol. The third-order valence-electron chi connectivity index (χ3n) is 1.55. The maximum Gasteiger partial charge on any atom is 0.122 e. The Morgan fingerprint density at radius 1 is 1.67 bits per heavy atom. The van der Waals surface area contributed by atoms with Crippen LogP contribution in [-0.4, -0.2) is 18.1 Å². The van der Waals surface area contributed by atoms with E-state index in [1.165, 1.54) is 0 Å². The number of aromatic nitrogens is 1. The van der Waals surface area contributed by atoms with Crippen molar-refractivity contribution in [2.45, 2.75) is 19.4 Å². The molecule has 1 aromatic heterocycles. The molecule has 1 aromatic rings. The fourth-order valence-electron chi connectivity index (χ4n) is 1.02. The van der Waals surface area contributed by atoms with Crippen LogP contribution in [0.15, 0.2) is 18.3 Å². The highest BCUT2D eigenvalue weighted by molar-refractivity contribution is 5.22. The third kappa shape index (κ3) is 2.51. The van der Waals surface area contributed by atoms with E-state index in [4.69, 9.17) is 10.5 Å². The minimum absolute atomic E-state index is 0.143. The van der Waals surface area contributed by atoms with E-state index in [2.05, 4.69) is 4.98 Å². The average molecular weight is 166 g/mol. The Bertz CT molecular complexity index is 248. The number of pyridine rings is 1. The summed E-state index contributed by atoms with van der Waals surface area (Å²) in [5.41, 5.74) is 6.61. The van der Waals surface area contributed by atoms with Crippen molar-refractivity contribution < 1.29 is 4.74 Å². The maximum absolute atomic E-state index is 5.64. The van der Waals surface area contributed by atoms with Gasteiger partial charge in [-0.3, -0.25) is 4.98 Å². The number of ether oxygens (including phenoxy) is 1. The van der Waals surface area contributed by atoms with Crippen LogP contribution in [0.3, 0.4) is 0 Å². The van der Waals surface area contributed by atoms with Crippen LogP contribution >= 0.6 is 0 Å². The van der Waals surface area contributed by atoms with Crippen molar-refractivity contribution in [3.05, 3.63) is 24.0 Å². The topological polar surface area (TPSA) is 48.1 Å². The Kier molecular flexibility index (Phi) is 3.05. The summed E-state index contributed by atoms with van der Waals surface area (Å²) in [6.45, 7) is 1.96. The van der Waals surface area contributed by atoms with Crippen molar-refractivity contribution in [3.63, 3.8) is 0 Å². The van der Waals surface area contributed by atoms with Gasteiger partial charge in [0.05, 0.1) is 7.11 Å². The lowest BCUT2D eigenvalue weighted by Crippen LogP contribution is -2.18. The molecule has 0 saturated heterocycles. The van der Waals surface area contributed by atoms with Crippen molar-refractivity contribution in [2.75, 3.05) is 7.11 Å². The zero-order valence-corrected chi connectivity index (χ0v) is 7.45. The van der Waals surface area contributed by atoms with Gasteiger partial charge in [-0.05, 0) is 13.0 Å². The first kappa shape index (κ1) is 9.00. The number of hydrogen-bond donors (Lipinski definition) is 1. The molecule has 0 fully saturated rings. The van der Waals surface area contributed by atoms with Crippen molar-refractivity contribution >= 4 is 0 Å². The summed E-state index contributed by atoms with van der Waals surface area (Å²) in [7, 11) is 1.64. The molecule has 0 aliphatic heterocycles. The summed E-state index contributed by atoms with van der Waals surface area (Å²) in [6, 6.07) is 3.87. The molecule has 2 N–H and O–H groups in total. The molecule has 1 rings (SSSR count). The number of rotatable bonds is 3. The number of methoxy groups -OCH3 is 1. The van der Waals surface area contributed by atoms with Crippen LogP contribution in [0, 0.1) is 0 Å². The molecule has 0 bridgehead atoms. The fourth-order valence-corrected chi connectivity index (χ4v) is 1.02. The standard InChI is InChI=1S/C9H14N2O/c1-7(10)5-8-6-9(12-2)3-4-11-8/h3-4,6-7H,5,10H2,1-2H3/t7-/m0/s1. The first-order valence-corrected chi connectivity index (χ1v) is 3.97. The molecule has 0 aliphatic carbocycles. The number of nitrogens with zero attached hydrogens (tertiary/aromatic N) is 1. The second-order valence-corrected chi connectivity index (χ2v) is 2.87. The molecule has 1 atom stereocenters. The lowest BCUT2D eigenvalue weighted by atomic mass is 10.2. The van der Waals surface area contributed by atoms with E-state index >= 15 is 0 Å². The Balaban J connectivity index is 2.72. The molecule has 0 amide bonds. The summed E-state index contributed by atoms with van der Waals surface area (Å²) in [5.74, 6) is 0.834. The highest BCUT2D eigenvalue weighted by Gasteiger charge is 1.99. The molecule has 3 nitrogen and oxygen atoms in total. The van der Waals surface area contributed by atoms with Gasteiger partial charge in [-0.2, -0.15) is 0 Å². The summed E-state index contributed by atoms with van der Waals surface area (Å²) in [6.07, 6.45) is 2.52. The minimum Gasteiger partial charge on any atom is -0.497 e. The van der Waals surface area contributed by atoms with Gasteiger partial charge in [0.1, 0.15) is 5.75 Å². The minimum atomic E-state index is 0.143. The third-order valence-corrected chi connectivity index (χ3v) is 1.55. The Hall–Kier alpha value is -1.09. The smallest absolute Gasteiger partial charge is 0.122 e. The van der Waals surface area contributed by atoms with Crippen molar-refractivity contribution in [1.29, 1.82) is 0 Å². The monoisotopic (exact) mass is 166 g/mol. The quantitative estimate of drug-likeness (QED) is 0.728. The van der Waals surface area contributed by atoms with Crippen LogP contribution in [0.2, 0.25) is 0 Å². The second-order valence-electron chi connectivity index (χ2n) is 2.87. The normalized spacial score (nSPS) is 12.6.